The minimum absolute atomic E-state index is 0.350. The number of ether oxygens (including phenoxy) is 1. The summed E-state index contributed by atoms with van der Waals surface area (Å²) >= 11 is 6.08. The highest BCUT2D eigenvalue weighted by Crippen LogP contribution is 2.37. The van der Waals surface area contributed by atoms with Gasteiger partial charge in [0.2, 0.25) is 0 Å². The molecule has 3 rings (SSSR count). The van der Waals surface area contributed by atoms with Crippen molar-refractivity contribution in [3.63, 3.8) is 0 Å². The highest BCUT2D eigenvalue weighted by Gasteiger charge is 2.23. The van der Waals surface area contributed by atoms with Gasteiger partial charge < -0.3 is 10.1 Å². The lowest BCUT2D eigenvalue weighted by Crippen LogP contribution is -2.09. The van der Waals surface area contributed by atoms with Gasteiger partial charge in [0.1, 0.15) is 5.75 Å². The van der Waals surface area contributed by atoms with Gasteiger partial charge in [0, 0.05) is 16.3 Å². The van der Waals surface area contributed by atoms with Crippen LogP contribution in [0.1, 0.15) is 34.7 Å². The Morgan fingerprint density at radius 2 is 2.00 bits per heavy atom. The maximum Gasteiger partial charge on any atom is 0.126 e. The number of benzene rings is 2. The van der Waals surface area contributed by atoms with E-state index in [9.17, 15) is 0 Å². The number of halogens is 1. The van der Waals surface area contributed by atoms with Crippen LogP contribution in [0.2, 0.25) is 5.02 Å². The number of methoxy groups -OCH3 is 1. The molecule has 0 aliphatic heterocycles. The summed E-state index contributed by atoms with van der Waals surface area (Å²) in [7, 11) is 1.73. The molecule has 2 nitrogen and oxygen atoms in total. The van der Waals surface area contributed by atoms with Crippen molar-refractivity contribution in [1.82, 2.24) is 0 Å². The van der Waals surface area contributed by atoms with Crippen LogP contribution in [-0.2, 0) is 6.42 Å². The van der Waals surface area contributed by atoms with Crippen LogP contribution in [0, 0.1) is 13.8 Å². The van der Waals surface area contributed by atoms with Crippen LogP contribution < -0.4 is 10.1 Å². The third kappa shape index (κ3) is 2.60. The van der Waals surface area contributed by atoms with E-state index in [-0.39, 0.29) is 0 Å². The molecule has 0 radical (unpaired) electrons. The molecule has 0 spiro atoms. The molecule has 0 heterocycles. The summed E-state index contributed by atoms with van der Waals surface area (Å²) in [6.45, 7) is 4.17. The first-order valence-corrected chi connectivity index (χ1v) is 7.67. The summed E-state index contributed by atoms with van der Waals surface area (Å²) in [6, 6.07) is 10.8. The van der Waals surface area contributed by atoms with Crippen molar-refractivity contribution < 1.29 is 4.74 Å². The highest BCUT2D eigenvalue weighted by atomic mass is 35.5. The smallest absolute Gasteiger partial charge is 0.126 e. The molecule has 0 saturated carbocycles. The Labute approximate surface area is 131 Å². The van der Waals surface area contributed by atoms with Gasteiger partial charge in [-0.05, 0) is 61.6 Å². The maximum absolute atomic E-state index is 6.08. The Hall–Kier alpha value is -1.67. The fourth-order valence-electron chi connectivity index (χ4n) is 3.22. The quantitative estimate of drug-likeness (QED) is 0.855. The van der Waals surface area contributed by atoms with E-state index in [1.807, 2.05) is 6.07 Å². The molecule has 1 unspecified atom stereocenters. The van der Waals surface area contributed by atoms with Gasteiger partial charge >= 0.3 is 0 Å². The fraction of sp³-hybridized carbons (Fsp3) is 0.333. The summed E-state index contributed by atoms with van der Waals surface area (Å²) in [5.41, 5.74) is 6.19. The molecule has 3 heteroatoms. The molecule has 1 N–H and O–H groups in total. The third-order valence-electron chi connectivity index (χ3n) is 4.32. The van der Waals surface area contributed by atoms with E-state index in [0.717, 1.165) is 29.3 Å². The van der Waals surface area contributed by atoms with E-state index in [4.69, 9.17) is 16.3 Å². The number of aryl methyl sites for hydroxylation is 2. The number of hydrogen-bond acceptors (Lipinski definition) is 2. The van der Waals surface area contributed by atoms with Crippen LogP contribution >= 0.6 is 11.6 Å². The van der Waals surface area contributed by atoms with Crippen molar-refractivity contribution >= 4 is 17.3 Å². The highest BCUT2D eigenvalue weighted by molar-refractivity contribution is 6.30. The average molecular weight is 302 g/mol. The predicted molar refractivity (Wildman–Crippen MR) is 88.6 cm³/mol. The molecule has 0 bridgehead atoms. The first kappa shape index (κ1) is 14.3. The Kier molecular flexibility index (Phi) is 3.81. The van der Waals surface area contributed by atoms with Gasteiger partial charge in [0.15, 0.2) is 0 Å². The normalized spacial score (nSPS) is 16.7. The first-order chi connectivity index (χ1) is 10.1. The molecule has 110 valence electrons. The molecule has 0 amide bonds. The second-order valence-corrected chi connectivity index (χ2v) is 6.10. The van der Waals surface area contributed by atoms with E-state index in [0.29, 0.717) is 6.04 Å². The van der Waals surface area contributed by atoms with Crippen molar-refractivity contribution in [3.8, 4) is 5.75 Å². The Bertz CT molecular complexity index is 681. The number of anilines is 1. The summed E-state index contributed by atoms with van der Waals surface area (Å²) in [6.07, 6.45) is 2.18. The summed E-state index contributed by atoms with van der Waals surface area (Å²) < 4.78 is 5.51. The van der Waals surface area contributed by atoms with E-state index < -0.39 is 0 Å². The predicted octanol–water partition coefficient (Wildman–Crippen LogP) is 5.06. The van der Waals surface area contributed by atoms with Gasteiger partial charge in [-0.2, -0.15) is 0 Å². The molecule has 1 aliphatic rings. The van der Waals surface area contributed by atoms with Crippen molar-refractivity contribution in [2.75, 3.05) is 12.4 Å². The molecule has 21 heavy (non-hydrogen) atoms. The van der Waals surface area contributed by atoms with Gasteiger partial charge in [-0.15, -0.1) is 0 Å². The minimum Gasteiger partial charge on any atom is -0.496 e. The molecule has 2 aromatic carbocycles. The maximum atomic E-state index is 6.08. The lowest BCUT2D eigenvalue weighted by atomic mass is 10.1. The van der Waals surface area contributed by atoms with Crippen LogP contribution in [0.3, 0.4) is 0 Å². The SMILES string of the molecule is COc1c(C)ccc(NC2CCc3cc(Cl)ccc32)c1C. The molecular formula is C18H20ClNO. The zero-order valence-corrected chi connectivity index (χ0v) is 13.4. The molecule has 1 atom stereocenters. The zero-order chi connectivity index (χ0) is 15.0. The lowest BCUT2D eigenvalue weighted by Gasteiger charge is -2.20. The van der Waals surface area contributed by atoms with E-state index >= 15 is 0 Å². The first-order valence-electron chi connectivity index (χ1n) is 7.29. The van der Waals surface area contributed by atoms with Crippen LogP contribution in [0.25, 0.3) is 0 Å². The molecule has 0 saturated heterocycles. The average Bonchev–Trinajstić information content (AvgIpc) is 2.85. The Balaban J connectivity index is 1.90. The number of nitrogens with one attached hydrogen (secondary N) is 1. The number of hydrogen-bond donors (Lipinski definition) is 1. The summed E-state index contributed by atoms with van der Waals surface area (Å²) in [4.78, 5) is 0. The van der Waals surface area contributed by atoms with Gasteiger partial charge in [0.05, 0.1) is 13.2 Å². The van der Waals surface area contributed by atoms with Crippen molar-refractivity contribution in [3.05, 3.63) is 57.6 Å². The zero-order valence-electron chi connectivity index (χ0n) is 12.7. The Morgan fingerprint density at radius 1 is 1.19 bits per heavy atom. The monoisotopic (exact) mass is 301 g/mol. The molecule has 0 aromatic heterocycles. The van der Waals surface area contributed by atoms with Crippen molar-refractivity contribution in [2.24, 2.45) is 0 Å². The second-order valence-electron chi connectivity index (χ2n) is 5.67. The van der Waals surface area contributed by atoms with Gasteiger partial charge in [-0.1, -0.05) is 23.7 Å². The summed E-state index contributed by atoms with van der Waals surface area (Å²) in [5.74, 6) is 0.967. The minimum atomic E-state index is 0.350. The molecule has 1 aliphatic carbocycles. The fourth-order valence-corrected chi connectivity index (χ4v) is 3.42. The van der Waals surface area contributed by atoms with Crippen LogP contribution in [-0.4, -0.2) is 7.11 Å². The number of rotatable bonds is 3. The van der Waals surface area contributed by atoms with Crippen LogP contribution in [0.4, 0.5) is 5.69 Å². The van der Waals surface area contributed by atoms with E-state index in [2.05, 4.69) is 43.4 Å². The molecule has 0 fully saturated rings. The van der Waals surface area contributed by atoms with Crippen molar-refractivity contribution in [1.29, 1.82) is 0 Å². The van der Waals surface area contributed by atoms with E-state index in [1.54, 1.807) is 7.11 Å². The second kappa shape index (κ2) is 5.61. The largest absolute Gasteiger partial charge is 0.496 e. The Morgan fingerprint density at radius 3 is 2.76 bits per heavy atom. The molecular weight excluding hydrogens is 282 g/mol. The van der Waals surface area contributed by atoms with Gasteiger partial charge in [-0.25, -0.2) is 0 Å². The topological polar surface area (TPSA) is 21.3 Å². The number of fused-ring (bicyclic) bond motifs is 1. The lowest BCUT2D eigenvalue weighted by molar-refractivity contribution is 0.409. The third-order valence-corrected chi connectivity index (χ3v) is 4.55. The van der Waals surface area contributed by atoms with Crippen molar-refractivity contribution in [2.45, 2.75) is 32.7 Å². The van der Waals surface area contributed by atoms with E-state index in [1.165, 1.54) is 22.3 Å². The van der Waals surface area contributed by atoms with Crippen LogP contribution in [0.15, 0.2) is 30.3 Å². The van der Waals surface area contributed by atoms with Crippen LogP contribution in [0.5, 0.6) is 5.75 Å². The molecule has 2 aromatic rings. The summed E-state index contributed by atoms with van der Waals surface area (Å²) in [5, 5.41) is 4.49. The van der Waals surface area contributed by atoms with Gasteiger partial charge in [-0.3, -0.25) is 0 Å². The van der Waals surface area contributed by atoms with Gasteiger partial charge in [0.25, 0.3) is 0 Å². The standard InChI is InChI=1S/C18H20ClNO/c1-11-4-8-16(12(2)18(11)21-3)20-17-9-5-13-10-14(19)6-7-15(13)17/h4,6-8,10,17,20H,5,9H2,1-3H3.